The lowest BCUT2D eigenvalue weighted by Gasteiger charge is -2.32. The van der Waals surface area contributed by atoms with Crippen LogP contribution in [-0.2, 0) is 32.6 Å². The van der Waals surface area contributed by atoms with Crippen molar-refractivity contribution in [1.82, 2.24) is 10.2 Å². The average molecular weight is 645 g/mol. The predicted molar refractivity (Wildman–Crippen MR) is 161 cm³/mol. The van der Waals surface area contributed by atoms with Crippen LogP contribution in [0.25, 0.3) is 0 Å². The Morgan fingerprint density at radius 2 is 1.71 bits per heavy atom. The molecule has 0 radical (unpaired) electrons. The molecule has 1 heterocycles. The standard InChI is InChI=1S/C30H34BrN3O6S/c1-3-32-30(36)26(18-22-9-5-4-6-10-22)33(20-23-11-7-12-24(31)17-23)29(35)13-8-16-34(41(2,37)38)25-14-15-27-28(19-25)40-21-39-27/h4-7,9-12,14-15,17,19,26H,3,8,13,16,18,20-21H2,1-2H3,(H,32,36)/t26-/m1/s1. The van der Waals surface area contributed by atoms with Crippen molar-refractivity contribution in [3.63, 3.8) is 0 Å². The Morgan fingerprint density at radius 1 is 0.976 bits per heavy atom. The molecule has 4 rings (SSSR count). The molecule has 1 aliphatic heterocycles. The number of carbonyl (C=O) groups is 2. The van der Waals surface area contributed by atoms with Crippen LogP contribution in [0.2, 0.25) is 0 Å². The molecule has 3 aromatic rings. The maximum atomic E-state index is 13.8. The quantitative estimate of drug-likeness (QED) is 0.294. The molecule has 0 unspecified atom stereocenters. The van der Waals surface area contributed by atoms with Gasteiger partial charge in [-0.15, -0.1) is 0 Å². The molecule has 218 valence electrons. The zero-order chi connectivity index (χ0) is 29.4. The predicted octanol–water partition coefficient (Wildman–Crippen LogP) is 4.50. The number of benzene rings is 3. The van der Waals surface area contributed by atoms with E-state index in [4.69, 9.17) is 9.47 Å². The van der Waals surface area contributed by atoms with Gasteiger partial charge in [-0.1, -0.05) is 58.4 Å². The normalized spacial score (nSPS) is 13.0. The van der Waals surface area contributed by atoms with Gasteiger partial charge >= 0.3 is 0 Å². The number of hydrogen-bond acceptors (Lipinski definition) is 6. The van der Waals surface area contributed by atoms with Crippen LogP contribution >= 0.6 is 15.9 Å². The highest BCUT2D eigenvalue weighted by molar-refractivity contribution is 9.10. The van der Waals surface area contributed by atoms with Gasteiger partial charge in [0.05, 0.1) is 11.9 Å². The molecule has 3 aromatic carbocycles. The summed E-state index contributed by atoms with van der Waals surface area (Å²) in [5.41, 5.74) is 2.23. The summed E-state index contributed by atoms with van der Waals surface area (Å²) < 4.78 is 38.3. The Kier molecular flexibility index (Phi) is 10.3. The Hall–Kier alpha value is -3.57. The van der Waals surface area contributed by atoms with Crippen molar-refractivity contribution in [2.45, 2.75) is 38.8 Å². The third kappa shape index (κ3) is 8.23. The first-order chi connectivity index (χ1) is 19.7. The molecule has 0 aromatic heterocycles. The maximum absolute atomic E-state index is 13.8. The highest BCUT2D eigenvalue weighted by atomic mass is 79.9. The van der Waals surface area contributed by atoms with Crippen LogP contribution in [0.4, 0.5) is 5.69 Å². The lowest BCUT2D eigenvalue weighted by Crippen LogP contribution is -2.50. The van der Waals surface area contributed by atoms with Crippen molar-refractivity contribution in [2.24, 2.45) is 0 Å². The van der Waals surface area contributed by atoms with E-state index in [2.05, 4.69) is 21.2 Å². The van der Waals surface area contributed by atoms with Gasteiger partial charge in [-0.05, 0) is 48.7 Å². The minimum absolute atomic E-state index is 0.0509. The highest BCUT2D eigenvalue weighted by Gasteiger charge is 2.30. The Labute approximate surface area is 249 Å². The topological polar surface area (TPSA) is 105 Å². The smallest absolute Gasteiger partial charge is 0.243 e. The van der Waals surface area contributed by atoms with Crippen molar-refractivity contribution in [1.29, 1.82) is 0 Å². The SMILES string of the molecule is CCNC(=O)[C@@H](Cc1ccccc1)N(Cc1cccc(Br)c1)C(=O)CCCN(c1ccc2c(c1)OCO2)S(C)(=O)=O. The molecule has 0 saturated heterocycles. The van der Waals surface area contributed by atoms with Gasteiger partial charge in [-0.2, -0.15) is 0 Å². The van der Waals surface area contributed by atoms with E-state index in [1.54, 1.807) is 23.1 Å². The minimum atomic E-state index is -3.64. The second-order valence-electron chi connectivity index (χ2n) is 9.73. The fourth-order valence-corrected chi connectivity index (χ4v) is 6.13. The molecule has 1 aliphatic rings. The number of hydrogen-bond donors (Lipinski definition) is 1. The Bertz CT molecular complexity index is 1470. The van der Waals surface area contributed by atoms with E-state index in [0.29, 0.717) is 30.2 Å². The number of carbonyl (C=O) groups excluding carboxylic acids is 2. The molecule has 1 atom stereocenters. The van der Waals surface area contributed by atoms with Crippen LogP contribution in [0.3, 0.4) is 0 Å². The number of rotatable bonds is 13. The minimum Gasteiger partial charge on any atom is -0.454 e. The Balaban J connectivity index is 1.56. The van der Waals surface area contributed by atoms with Crippen LogP contribution in [-0.4, -0.2) is 57.3 Å². The number of halogens is 1. The number of amides is 2. The van der Waals surface area contributed by atoms with E-state index >= 15 is 0 Å². The van der Waals surface area contributed by atoms with Gasteiger partial charge in [0.15, 0.2) is 11.5 Å². The highest BCUT2D eigenvalue weighted by Crippen LogP contribution is 2.36. The summed E-state index contributed by atoms with van der Waals surface area (Å²) in [6.45, 7) is 2.66. The van der Waals surface area contributed by atoms with E-state index in [0.717, 1.165) is 21.9 Å². The third-order valence-corrected chi connectivity index (χ3v) is 8.35. The number of anilines is 1. The molecular weight excluding hydrogens is 610 g/mol. The van der Waals surface area contributed by atoms with Gasteiger partial charge in [-0.3, -0.25) is 13.9 Å². The van der Waals surface area contributed by atoms with Crippen molar-refractivity contribution in [3.05, 3.63) is 88.4 Å². The zero-order valence-electron chi connectivity index (χ0n) is 23.1. The lowest BCUT2D eigenvalue weighted by molar-refractivity contribution is -0.141. The molecule has 0 saturated carbocycles. The number of fused-ring (bicyclic) bond motifs is 1. The van der Waals surface area contributed by atoms with Crippen LogP contribution in [0, 0.1) is 0 Å². The third-order valence-electron chi connectivity index (χ3n) is 6.66. The monoisotopic (exact) mass is 643 g/mol. The second-order valence-corrected chi connectivity index (χ2v) is 12.6. The van der Waals surface area contributed by atoms with Gasteiger partial charge in [0.2, 0.25) is 28.6 Å². The van der Waals surface area contributed by atoms with Gasteiger partial charge in [0.1, 0.15) is 6.04 Å². The zero-order valence-corrected chi connectivity index (χ0v) is 25.5. The number of nitrogens with one attached hydrogen (secondary N) is 1. The van der Waals surface area contributed by atoms with Crippen molar-refractivity contribution in [2.75, 3.05) is 30.4 Å². The van der Waals surface area contributed by atoms with E-state index < -0.39 is 16.1 Å². The second kappa shape index (κ2) is 13.9. The van der Waals surface area contributed by atoms with Crippen molar-refractivity contribution in [3.8, 4) is 11.5 Å². The molecular formula is C30H34BrN3O6S. The summed E-state index contributed by atoms with van der Waals surface area (Å²) in [6, 6.07) is 21.4. The lowest BCUT2D eigenvalue weighted by atomic mass is 10.0. The summed E-state index contributed by atoms with van der Waals surface area (Å²) >= 11 is 3.49. The van der Waals surface area contributed by atoms with Crippen LogP contribution in [0.5, 0.6) is 11.5 Å². The van der Waals surface area contributed by atoms with Gasteiger partial charge in [0.25, 0.3) is 0 Å². The molecule has 0 bridgehead atoms. The number of sulfonamides is 1. The summed E-state index contributed by atoms with van der Waals surface area (Å²) in [5.74, 6) is 0.544. The van der Waals surface area contributed by atoms with Gasteiger partial charge in [-0.25, -0.2) is 8.42 Å². The summed E-state index contributed by atoms with van der Waals surface area (Å²) in [7, 11) is -3.64. The average Bonchev–Trinajstić information content (AvgIpc) is 3.41. The molecule has 11 heteroatoms. The molecule has 0 spiro atoms. The molecule has 0 fully saturated rings. The summed E-state index contributed by atoms with van der Waals surface area (Å²) in [4.78, 5) is 28.7. The Morgan fingerprint density at radius 3 is 2.41 bits per heavy atom. The van der Waals surface area contributed by atoms with E-state index in [1.165, 1.54) is 4.31 Å². The maximum Gasteiger partial charge on any atom is 0.243 e. The number of nitrogens with zero attached hydrogens (tertiary/aromatic N) is 2. The van der Waals surface area contributed by atoms with Crippen LogP contribution in [0.1, 0.15) is 30.9 Å². The summed E-state index contributed by atoms with van der Waals surface area (Å²) in [5, 5.41) is 2.88. The van der Waals surface area contributed by atoms with E-state index in [1.807, 2.05) is 61.5 Å². The van der Waals surface area contributed by atoms with Crippen LogP contribution in [0.15, 0.2) is 77.3 Å². The van der Waals surface area contributed by atoms with Gasteiger partial charge < -0.3 is 19.7 Å². The first-order valence-corrected chi connectivity index (χ1v) is 16.0. The first kappa shape index (κ1) is 30.4. The fourth-order valence-electron chi connectivity index (χ4n) is 4.72. The largest absolute Gasteiger partial charge is 0.454 e. The molecule has 41 heavy (non-hydrogen) atoms. The van der Waals surface area contributed by atoms with Crippen molar-refractivity contribution >= 4 is 43.5 Å². The molecule has 1 N–H and O–H groups in total. The van der Waals surface area contributed by atoms with Crippen LogP contribution < -0.4 is 19.1 Å². The molecule has 0 aliphatic carbocycles. The van der Waals surface area contributed by atoms with Crippen molar-refractivity contribution < 1.29 is 27.5 Å². The molecule has 2 amide bonds. The van der Waals surface area contributed by atoms with Gasteiger partial charge in [0, 0.05) is 43.0 Å². The van der Waals surface area contributed by atoms with E-state index in [9.17, 15) is 18.0 Å². The molecule has 9 nitrogen and oxygen atoms in total. The number of ether oxygens (including phenoxy) is 2. The van der Waals surface area contributed by atoms with E-state index in [-0.39, 0.29) is 44.5 Å². The first-order valence-electron chi connectivity index (χ1n) is 13.4. The summed E-state index contributed by atoms with van der Waals surface area (Å²) in [6.07, 6.45) is 1.78. The number of likely N-dealkylation sites (N-methyl/N-ethyl adjacent to an activating group) is 1. The fraction of sp³-hybridized carbons (Fsp3) is 0.333.